The van der Waals surface area contributed by atoms with Crippen LogP contribution in [0, 0.1) is 11.3 Å². The van der Waals surface area contributed by atoms with Gasteiger partial charge in [-0.2, -0.15) is 5.26 Å². The Hall–Kier alpha value is -2.06. The van der Waals surface area contributed by atoms with Crippen LogP contribution in [0.2, 0.25) is 0 Å². The van der Waals surface area contributed by atoms with E-state index in [1.807, 2.05) is 45.0 Å². The Kier molecular flexibility index (Phi) is 4.72. The van der Waals surface area contributed by atoms with Gasteiger partial charge in [-0.05, 0) is 31.9 Å². The molecule has 0 spiro atoms. The number of amides is 1. The molecule has 118 valence electrons. The summed E-state index contributed by atoms with van der Waals surface area (Å²) in [6.07, 6.45) is 0.631. The standard InChI is InChI=1S/C17H22N2O3/c1-16(2,3)22-15(20)19-17(9-11-21-12-17)14-6-4-13(5-7-14)8-10-18/h4-7H,8-9,11-12H2,1-3H3,(H,19,20). The van der Waals surface area contributed by atoms with E-state index in [4.69, 9.17) is 14.7 Å². The Morgan fingerprint density at radius 2 is 2.09 bits per heavy atom. The largest absolute Gasteiger partial charge is 0.444 e. The number of carbonyl (C=O) groups excluding carboxylic acids is 1. The fourth-order valence-electron chi connectivity index (χ4n) is 2.50. The van der Waals surface area contributed by atoms with Gasteiger partial charge in [0.05, 0.1) is 24.6 Å². The van der Waals surface area contributed by atoms with E-state index in [2.05, 4.69) is 11.4 Å². The lowest BCUT2D eigenvalue weighted by molar-refractivity contribution is 0.0437. The molecule has 0 aliphatic carbocycles. The summed E-state index contributed by atoms with van der Waals surface area (Å²) in [5.74, 6) is 0. The zero-order valence-electron chi connectivity index (χ0n) is 13.3. The molecule has 5 nitrogen and oxygen atoms in total. The summed E-state index contributed by atoms with van der Waals surface area (Å²) >= 11 is 0. The van der Waals surface area contributed by atoms with Gasteiger partial charge in [0.25, 0.3) is 0 Å². The van der Waals surface area contributed by atoms with E-state index >= 15 is 0 Å². The Bertz CT molecular complexity index is 561. The van der Waals surface area contributed by atoms with Crippen LogP contribution in [0.25, 0.3) is 0 Å². The lowest BCUT2D eigenvalue weighted by Gasteiger charge is -2.31. The molecule has 0 aromatic heterocycles. The molecule has 1 fully saturated rings. The first kappa shape index (κ1) is 16.3. The first-order valence-electron chi connectivity index (χ1n) is 7.40. The van der Waals surface area contributed by atoms with E-state index < -0.39 is 17.2 Å². The van der Waals surface area contributed by atoms with Crippen molar-refractivity contribution in [3.63, 3.8) is 0 Å². The molecular weight excluding hydrogens is 280 g/mol. The highest BCUT2D eigenvalue weighted by molar-refractivity contribution is 5.69. The van der Waals surface area contributed by atoms with Crippen molar-refractivity contribution in [1.29, 1.82) is 5.26 Å². The number of ether oxygens (including phenoxy) is 2. The van der Waals surface area contributed by atoms with Crippen LogP contribution in [0.5, 0.6) is 0 Å². The zero-order valence-corrected chi connectivity index (χ0v) is 13.3. The first-order valence-corrected chi connectivity index (χ1v) is 7.40. The van der Waals surface area contributed by atoms with Crippen molar-refractivity contribution in [2.24, 2.45) is 0 Å². The first-order chi connectivity index (χ1) is 10.3. The van der Waals surface area contributed by atoms with Crippen molar-refractivity contribution in [1.82, 2.24) is 5.32 Å². The highest BCUT2D eigenvalue weighted by Crippen LogP contribution is 2.31. The number of alkyl carbamates (subject to hydrolysis) is 1. The summed E-state index contributed by atoms with van der Waals surface area (Å²) in [5, 5.41) is 11.7. The van der Waals surface area contributed by atoms with E-state index in [1.165, 1.54) is 0 Å². The lowest BCUT2D eigenvalue weighted by Crippen LogP contribution is -2.48. The number of nitrogens with one attached hydrogen (secondary N) is 1. The molecule has 1 unspecified atom stereocenters. The van der Waals surface area contributed by atoms with Crippen LogP contribution in [-0.4, -0.2) is 24.9 Å². The quantitative estimate of drug-likeness (QED) is 0.932. The number of carbonyl (C=O) groups is 1. The van der Waals surface area contributed by atoms with Gasteiger partial charge in [-0.15, -0.1) is 0 Å². The second kappa shape index (κ2) is 6.37. The maximum Gasteiger partial charge on any atom is 0.408 e. The van der Waals surface area contributed by atoms with Crippen LogP contribution < -0.4 is 5.32 Å². The molecule has 1 aromatic rings. The van der Waals surface area contributed by atoms with Crippen LogP contribution in [0.3, 0.4) is 0 Å². The van der Waals surface area contributed by atoms with Crippen molar-refractivity contribution in [3.05, 3.63) is 35.4 Å². The fourth-order valence-corrected chi connectivity index (χ4v) is 2.50. The van der Waals surface area contributed by atoms with Gasteiger partial charge in [0, 0.05) is 13.0 Å². The highest BCUT2D eigenvalue weighted by Gasteiger charge is 2.39. The number of nitrogens with zero attached hydrogens (tertiary/aromatic N) is 1. The van der Waals surface area contributed by atoms with Crippen LogP contribution in [0.1, 0.15) is 38.3 Å². The predicted molar refractivity (Wildman–Crippen MR) is 82.2 cm³/mol. The zero-order chi connectivity index (χ0) is 16.2. The average molecular weight is 302 g/mol. The second-order valence-corrected chi connectivity index (χ2v) is 6.54. The molecule has 1 N–H and O–H groups in total. The summed E-state index contributed by atoms with van der Waals surface area (Å²) < 4.78 is 10.9. The monoisotopic (exact) mass is 302 g/mol. The normalized spacial score (nSPS) is 21.2. The summed E-state index contributed by atoms with van der Waals surface area (Å²) in [6, 6.07) is 9.84. The van der Waals surface area contributed by atoms with Crippen LogP contribution >= 0.6 is 0 Å². The third-order valence-electron chi connectivity index (χ3n) is 3.55. The van der Waals surface area contributed by atoms with Gasteiger partial charge in [0.1, 0.15) is 5.60 Å². The molecule has 1 aliphatic rings. The topological polar surface area (TPSA) is 71.3 Å². The van der Waals surface area contributed by atoms with Crippen molar-refractivity contribution in [3.8, 4) is 6.07 Å². The Labute approximate surface area is 131 Å². The molecule has 2 rings (SSSR count). The Morgan fingerprint density at radius 3 is 2.59 bits per heavy atom. The third kappa shape index (κ3) is 3.99. The summed E-state index contributed by atoms with van der Waals surface area (Å²) in [5.41, 5.74) is 0.824. The maximum atomic E-state index is 12.1. The van der Waals surface area contributed by atoms with Gasteiger partial charge >= 0.3 is 6.09 Å². The van der Waals surface area contributed by atoms with E-state index in [1.54, 1.807) is 0 Å². The summed E-state index contributed by atoms with van der Waals surface area (Å²) in [6.45, 7) is 6.52. The average Bonchev–Trinajstić information content (AvgIpc) is 2.87. The van der Waals surface area contributed by atoms with Crippen molar-refractivity contribution in [2.75, 3.05) is 13.2 Å². The molecule has 22 heavy (non-hydrogen) atoms. The molecule has 0 radical (unpaired) electrons. The van der Waals surface area contributed by atoms with Gasteiger partial charge in [-0.25, -0.2) is 4.79 Å². The molecule has 0 bridgehead atoms. The summed E-state index contributed by atoms with van der Waals surface area (Å²) in [4.78, 5) is 12.1. The van der Waals surface area contributed by atoms with Gasteiger partial charge in [-0.3, -0.25) is 0 Å². The van der Waals surface area contributed by atoms with Crippen molar-refractivity contribution < 1.29 is 14.3 Å². The van der Waals surface area contributed by atoms with E-state index in [0.29, 0.717) is 26.1 Å². The van der Waals surface area contributed by atoms with Crippen molar-refractivity contribution >= 4 is 6.09 Å². The van der Waals surface area contributed by atoms with Gasteiger partial charge < -0.3 is 14.8 Å². The number of hydrogen-bond donors (Lipinski definition) is 1. The molecular formula is C17H22N2O3. The van der Waals surface area contributed by atoms with Gasteiger partial charge in [0.2, 0.25) is 0 Å². The van der Waals surface area contributed by atoms with E-state index in [0.717, 1.165) is 11.1 Å². The van der Waals surface area contributed by atoms with Crippen LogP contribution in [0.4, 0.5) is 4.79 Å². The molecule has 1 saturated heterocycles. The SMILES string of the molecule is CC(C)(C)OC(=O)NC1(c2ccc(CC#N)cc2)CCOC1. The molecule has 5 heteroatoms. The molecule has 1 heterocycles. The Balaban J connectivity index is 2.18. The molecule has 1 aromatic carbocycles. The highest BCUT2D eigenvalue weighted by atomic mass is 16.6. The van der Waals surface area contributed by atoms with Gasteiger partial charge in [-0.1, -0.05) is 24.3 Å². The number of hydrogen-bond acceptors (Lipinski definition) is 4. The smallest absolute Gasteiger partial charge is 0.408 e. The third-order valence-corrected chi connectivity index (χ3v) is 3.55. The van der Waals surface area contributed by atoms with Crippen molar-refractivity contribution in [2.45, 2.75) is 44.8 Å². The number of nitriles is 1. The number of rotatable bonds is 3. The lowest BCUT2D eigenvalue weighted by atomic mass is 9.88. The fraction of sp³-hybridized carbons (Fsp3) is 0.529. The summed E-state index contributed by atoms with van der Waals surface area (Å²) in [7, 11) is 0. The van der Waals surface area contributed by atoms with E-state index in [-0.39, 0.29) is 0 Å². The van der Waals surface area contributed by atoms with E-state index in [9.17, 15) is 4.79 Å². The maximum absolute atomic E-state index is 12.1. The van der Waals surface area contributed by atoms with Crippen LogP contribution in [0.15, 0.2) is 24.3 Å². The predicted octanol–water partition coefficient (Wildman–Crippen LogP) is 2.89. The minimum Gasteiger partial charge on any atom is -0.444 e. The minimum atomic E-state index is -0.562. The second-order valence-electron chi connectivity index (χ2n) is 6.54. The van der Waals surface area contributed by atoms with Crippen LogP contribution in [-0.2, 0) is 21.4 Å². The minimum absolute atomic E-state index is 0.378. The molecule has 1 amide bonds. The molecule has 1 atom stereocenters. The molecule has 1 aliphatic heterocycles. The Morgan fingerprint density at radius 1 is 1.41 bits per heavy atom. The number of benzene rings is 1. The molecule has 0 saturated carbocycles. The van der Waals surface area contributed by atoms with Gasteiger partial charge in [0.15, 0.2) is 0 Å².